The Morgan fingerprint density at radius 3 is 2.89 bits per heavy atom. The number of thiophene rings is 1. The fourth-order valence-corrected chi connectivity index (χ4v) is 4.61. The highest BCUT2D eigenvalue weighted by Gasteiger charge is 2.21. The lowest BCUT2D eigenvalue weighted by atomic mass is 10.1. The van der Waals surface area contributed by atoms with Crippen molar-refractivity contribution in [1.29, 1.82) is 0 Å². The number of carbonyl (C=O) groups is 1. The predicted octanol–water partition coefficient (Wildman–Crippen LogP) is 5.06. The van der Waals surface area contributed by atoms with Crippen LogP contribution in [0.2, 0.25) is 5.02 Å². The molecule has 140 valence electrons. The molecule has 27 heavy (non-hydrogen) atoms. The van der Waals surface area contributed by atoms with Gasteiger partial charge in [-0.05, 0) is 49.4 Å². The smallest absolute Gasteiger partial charge is 0.268 e. The van der Waals surface area contributed by atoms with Crippen LogP contribution in [-0.4, -0.2) is 18.0 Å². The molecular formula is C20H20ClN3O2S. The molecule has 1 aliphatic rings. The summed E-state index contributed by atoms with van der Waals surface area (Å²) in [6.45, 7) is 0. The maximum atomic E-state index is 12.8. The number of aromatic nitrogens is 1. The van der Waals surface area contributed by atoms with Crippen LogP contribution in [0.3, 0.4) is 0 Å². The monoisotopic (exact) mass is 401 g/mol. The van der Waals surface area contributed by atoms with E-state index in [1.165, 1.54) is 36.9 Å². The van der Waals surface area contributed by atoms with Gasteiger partial charge in [0.05, 0.1) is 18.5 Å². The number of nitrogens with zero attached hydrogens (tertiary/aromatic N) is 1. The number of ether oxygens (including phenoxy) is 1. The fraction of sp³-hybridized carbons (Fsp3) is 0.300. The Morgan fingerprint density at radius 1 is 1.26 bits per heavy atom. The van der Waals surface area contributed by atoms with Crippen molar-refractivity contribution < 1.29 is 9.53 Å². The van der Waals surface area contributed by atoms with E-state index in [0.717, 1.165) is 35.2 Å². The van der Waals surface area contributed by atoms with E-state index in [4.69, 9.17) is 27.1 Å². The van der Waals surface area contributed by atoms with Crippen LogP contribution in [0.15, 0.2) is 24.3 Å². The molecule has 2 aromatic heterocycles. The second kappa shape index (κ2) is 7.37. The molecule has 3 N–H and O–H groups in total. The summed E-state index contributed by atoms with van der Waals surface area (Å²) in [6, 6.07) is 7.19. The molecule has 2 heterocycles. The van der Waals surface area contributed by atoms with Gasteiger partial charge in [-0.3, -0.25) is 4.79 Å². The molecule has 0 fully saturated rings. The predicted molar refractivity (Wildman–Crippen MR) is 111 cm³/mol. The summed E-state index contributed by atoms with van der Waals surface area (Å²) in [5.74, 6) is 0.228. The average molecular weight is 402 g/mol. The minimum Gasteiger partial charge on any atom is -0.495 e. The van der Waals surface area contributed by atoms with Crippen LogP contribution >= 0.6 is 22.9 Å². The van der Waals surface area contributed by atoms with Crippen LogP contribution in [0.5, 0.6) is 5.75 Å². The zero-order valence-corrected chi connectivity index (χ0v) is 16.5. The summed E-state index contributed by atoms with van der Waals surface area (Å²) in [5.41, 5.74) is 9.76. The van der Waals surface area contributed by atoms with E-state index in [1.807, 2.05) is 0 Å². The molecule has 1 aromatic carbocycles. The third-order valence-corrected chi connectivity index (χ3v) is 6.22. The molecule has 0 bridgehead atoms. The number of nitrogens with two attached hydrogens (primary N) is 1. The molecule has 0 saturated heterocycles. The Balaban J connectivity index is 1.69. The summed E-state index contributed by atoms with van der Waals surface area (Å²) in [7, 11) is 1.53. The Labute approximate surface area is 166 Å². The first-order valence-corrected chi connectivity index (χ1v) is 10.1. The molecule has 0 spiro atoms. The topological polar surface area (TPSA) is 77.2 Å². The van der Waals surface area contributed by atoms with E-state index < -0.39 is 0 Å². The van der Waals surface area contributed by atoms with E-state index >= 15 is 0 Å². The van der Waals surface area contributed by atoms with Gasteiger partial charge in [-0.2, -0.15) is 0 Å². The number of aryl methyl sites for hydroxylation is 2. The number of carbonyl (C=O) groups excluding carboxylic acids is 1. The van der Waals surface area contributed by atoms with Crippen LogP contribution < -0.4 is 15.8 Å². The standard InChI is InChI=1S/C20H20ClN3O2S/c1-26-16-10-12(21)7-8-15(16)23-19(25)18-17(22)13-9-11-5-3-2-4-6-14(11)24-20(13)27-18/h7-10H,2-6,22H2,1H3,(H,23,25). The molecule has 0 unspecified atom stereocenters. The number of pyridine rings is 1. The molecule has 0 atom stereocenters. The van der Waals surface area contributed by atoms with Gasteiger partial charge >= 0.3 is 0 Å². The number of anilines is 2. The number of nitrogens with one attached hydrogen (secondary N) is 1. The summed E-state index contributed by atoms with van der Waals surface area (Å²) < 4.78 is 5.29. The lowest BCUT2D eigenvalue weighted by molar-refractivity contribution is 0.103. The zero-order chi connectivity index (χ0) is 19.0. The summed E-state index contributed by atoms with van der Waals surface area (Å²) in [5, 5.41) is 4.27. The molecular weight excluding hydrogens is 382 g/mol. The number of rotatable bonds is 3. The minimum absolute atomic E-state index is 0.272. The molecule has 1 amide bonds. The highest BCUT2D eigenvalue weighted by atomic mass is 35.5. The van der Waals surface area contributed by atoms with Crippen LogP contribution in [0.1, 0.15) is 40.2 Å². The number of halogens is 1. The Morgan fingerprint density at radius 2 is 2.07 bits per heavy atom. The van der Waals surface area contributed by atoms with Crippen LogP contribution in [0, 0.1) is 0 Å². The summed E-state index contributed by atoms with van der Waals surface area (Å²) in [6.07, 6.45) is 5.59. The van der Waals surface area contributed by atoms with Crippen molar-refractivity contribution in [3.05, 3.63) is 45.4 Å². The van der Waals surface area contributed by atoms with Gasteiger partial charge in [0, 0.05) is 22.2 Å². The van der Waals surface area contributed by atoms with E-state index in [0.29, 0.717) is 27.0 Å². The molecule has 0 aliphatic heterocycles. The minimum atomic E-state index is -0.272. The number of nitrogen functional groups attached to an aromatic ring is 1. The molecule has 4 rings (SSSR count). The summed E-state index contributed by atoms with van der Waals surface area (Å²) >= 11 is 7.32. The first-order valence-electron chi connectivity index (χ1n) is 8.92. The van der Waals surface area contributed by atoms with E-state index in [9.17, 15) is 4.79 Å². The SMILES string of the molecule is COc1cc(Cl)ccc1NC(=O)c1sc2nc3c(cc2c1N)CCCCC3. The van der Waals surface area contributed by atoms with Crippen LogP contribution in [-0.2, 0) is 12.8 Å². The third kappa shape index (κ3) is 3.47. The molecule has 3 aromatic rings. The first kappa shape index (κ1) is 18.1. The number of benzene rings is 1. The molecule has 7 heteroatoms. The number of amides is 1. The lowest BCUT2D eigenvalue weighted by Crippen LogP contribution is -2.12. The highest BCUT2D eigenvalue weighted by molar-refractivity contribution is 7.21. The quantitative estimate of drug-likeness (QED) is 0.601. The van der Waals surface area contributed by atoms with E-state index in [2.05, 4.69) is 11.4 Å². The second-order valence-corrected chi connectivity index (χ2v) is 8.09. The number of hydrogen-bond donors (Lipinski definition) is 2. The second-order valence-electron chi connectivity index (χ2n) is 6.65. The normalized spacial score (nSPS) is 13.9. The van der Waals surface area contributed by atoms with Gasteiger partial charge in [-0.1, -0.05) is 18.0 Å². The number of fused-ring (bicyclic) bond motifs is 2. The Hall–Kier alpha value is -2.31. The largest absolute Gasteiger partial charge is 0.495 e. The first-order chi connectivity index (χ1) is 13.1. The van der Waals surface area contributed by atoms with Crippen molar-refractivity contribution in [1.82, 2.24) is 4.98 Å². The zero-order valence-electron chi connectivity index (χ0n) is 15.0. The molecule has 5 nitrogen and oxygen atoms in total. The third-order valence-electron chi connectivity index (χ3n) is 4.87. The van der Waals surface area contributed by atoms with Crippen LogP contribution in [0.4, 0.5) is 11.4 Å². The Kier molecular flexibility index (Phi) is 4.93. The van der Waals surface area contributed by atoms with Gasteiger partial charge < -0.3 is 15.8 Å². The highest BCUT2D eigenvalue weighted by Crippen LogP contribution is 2.36. The summed E-state index contributed by atoms with van der Waals surface area (Å²) in [4.78, 5) is 18.9. The number of methoxy groups -OCH3 is 1. The molecule has 0 radical (unpaired) electrons. The van der Waals surface area contributed by atoms with Gasteiger partial charge in [0.25, 0.3) is 5.91 Å². The Bertz CT molecular complexity index is 1030. The van der Waals surface area contributed by atoms with Gasteiger partial charge in [0.1, 0.15) is 15.5 Å². The van der Waals surface area contributed by atoms with Crippen molar-refractivity contribution in [2.75, 3.05) is 18.2 Å². The maximum Gasteiger partial charge on any atom is 0.268 e. The average Bonchev–Trinajstić information content (AvgIpc) is 2.83. The van der Waals surface area contributed by atoms with Crippen molar-refractivity contribution >= 4 is 50.4 Å². The van der Waals surface area contributed by atoms with Crippen molar-refractivity contribution in [2.24, 2.45) is 0 Å². The maximum absolute atomic E-state index is 12.8. The molecule has 0 saturated carbocycles. The van der Waals surface area contributed by atoms with Gasteiger partial charge in [-0.15, -0.1) is 11.3 Å². The number of hydrogen-bond acceptors (Lipinski definition) is 5. The van der Waals surface area contributed by atoms with Gasteiger partial charge in [0.2, 0.25) is 0 Å². The van der Waals surface area contributed by atoms with E-state index in [1.54, 1.807) is 18.2 Å². The van der Waals surface area contributed by atoms with E-state index in [-0.39, 0.29) is 5.91 Å². The van der Waals surface area contributed by atoms with Crippen molar-refractivity contribution in [3.8, 4) is 5.75 Å². The fourth-order valence-electron chi connectivity index (χ4n) is 3.45. The van der Waals surface area contributed by atoms with Gasteiger partial charge in [-0.25, -0.2) is 4.98 Å². The lowest BCUT2D eigenvalue weighted by Gasteiger charge is -2.10. The van der Waals surface area contributed by atoms with Crippen molar-refractivity contribution in [2.45, 2.75) is 32.1 Å². The van der Waals surface area contributed by atoms with Crippen LogP contribution in [0.25, 0.3) is 10.2 Å². The van der Waals surface area contributed by atoms with Crippen molar-refractivity contribution in [3.63, 3.8) is 0 Å². The van der Waals surface area contributed by atoms with Gasteiger partial charge in [0.15, 0.2) is 0 Å². The molecule has 1 aliphatic carbocycles.